The SMILES string of the molecule is CCCOc1ccc(C=CC(=O)OC)cc1OCCC. The van der Waals surface area contributed by atoms with Crippen molar-refractivity contribution in [2.24, 2.45) is 0 Å². The summed E-state index contributed by atoms with van der Waals surface area (Å²) in [5, 5.41) is 0. The van der Waals surface area contributed by atoms with Crippen molar-refractivity contribution in [1.82, 2.24) is 0 Å². The minimum Gasteiger partial charge on any atom is -0.490 e. The second-order valence-corrected chi connectivity index (χ2v) is 4.26. The molecule has 0 fully saturated rings. The Morgan fingerprint density at radius 1 is 1.10 bits per heavy atom. The lowest BCUT2D eigenvalue weighted by molar-refractivity contribution is -0.134. The average Bonchev–Trinajstić information content (AvgIpc) is 2.49. The maximum absolute atomic E-state index is 11.1. The van der Waals surface area contributed by atoms with Crippen LogP contribution in [0.15, 0.2) is 24.3 Å². The van der Waals surface area contributed by atoms with Crippen molar-refractivity contribution in [3.63, 3.8) is 0 Å². The van der Waals surface area contributed by atoms with E-state index in [4.69, 9.17) is 9.47 Å². The second-order valence-electron chi connectivity index (χ2n) is 4.26. The molecule has 0 aliphatic carbocycles. The molecule has 0 atom stereocenters. The Labute approximate surface area is 120 Å². The summed E-state index contributed by atoms with van der Waals surface area (Å²) in [5.41, 5.74) is 0.866. The lowest BCUT2D eigenvalue weighted by atomic mass is 10.2. The number of hydrogen-bond acceptors (Lipinski definition) is 4. The molecule has 4 nitrogen and oxygen atoms in total. The van der Waals surface area contributed by atoms with Gasteiger partial charge < -0.3 is 14.2 Å². The van der Waals surface area contributed by atoms with Gasteiger partial charge in [-0.05, 0) is 36.6 Å². The van der Waals surface area contributed by atoms with Crippen LogP contribution in [0.25, 0.3) is 6.08 Å². The van der Waals surface area contributed by atoms with Crippen molar-refractivity contribution in [2.75, 3.05) is 20.3 Å². The molecule has 0 amide bonds. The van der Waals surface area contributed by atoms with E-state index in [2.05, 4.69) is 11.7 Å². The van der Waals surface area contributed by atoms with Gasteiger partial charge in [-0.3, -0.25) is 0 Å². The Kier molecular flexibility index (Phi) is 7.25. The predicted molar refractivity (Wildman–Crippen MR) is 79.1 cm³/mol. The number of methoxy groups -OCH3 is 1. The third-order valence-corrected chi connectivity index (χ3v) is 2.50. The quantitative estimate of drug-likeness (QED) is 0.539. The number of carbonyl (C=O) groups excluding carboxylic acids is 1. The zero-order valence-electron chi connectivity index (χ0n) is 12.3. The maximum atomic E-state index is 11.1. The Balaban J connectivity index is 2.88. The van der Waals surface area contributed by atoms with Gasteiger partial charge in [-0.15, -0.1) is 0 Å². The third kappa shape index (κ3) is 5.34. The highest BCUT2D eigenvalue weighted by Gasteiger charge is 2.06. The molecule has 0 heterocycles. The van der Waals surface area contributed by atoms with Crippen LogP contribution in [0.4, 0.5) is 0 Å². The van der Waals surface area contributed by atoms with Crippen molar-refractivity contribution < 1.29 is 19.0 Å². The Bertz CT molecular complexity index is 452. The van der Waals surface area contributed by atoms with Crippen molar-refractivity contribution in [2.45, 2.75) is 26.7 Å². The molecule has 0 spiro atoms. The zero-order valence-corrected chi connectivity index (χ0v) is 12.3. The van der Waals surface area contributed by atoms with Crippen LogP contribution in [0.2, 0.25) is 0 Å². The number of benzene rings is 1. The molecule has 0 bridgehead atoms. The van der Waals surface area contributed by atoms with Gasteiger partial charge in [0.1, 0.15) is 0 Å². The van der Waals surface area contributed by atoms with E-state index in [1.165, 1.54) is 13.2 Å². The first-order valence-electron chi connectivity index (χ1n) is 6.87. The van der Waals surface area contributed by atoms with Crippen molar-refractivity contribution in [1.29, 1.82) is 0 Å². The first kappa shape index (κ1) is 16.1. The van der Waals surface area contributed by atoms with Gasteiger partial charge in [-0.2, -0.15) is 0 Å². The van der Waals surface area contributed by atoms with Crippen LogP contribution < -0.4 is 9.47 Å². The monoisotopic (exact) mass is 278 g/mol. The van der Waals surface area contributed by atoms with E-state index in [0.29, 0.717) is 19.0 Å². The average molecular weight is 278 g/mol. The molecule has 0 unspecified atom stereocenters. The van der Waals surface area contributed by atoms with Gasteiger partial charge in [0.25, 0.3) is 0 Å². The van der Waals surface area contributed by atoms with E-state index >= 15 is 0 Å². The summed E-state index contributed by atoms with van der Waals surface area (Å²) in [6.45, 7) is 5.39. The summed E-state index contributed by atoms with van der Waals surface area (Å²) in [6, 6.07) is 5.60. The molecule has 0 radical (unpaired) electrons. The number of ether oxygens (including phenoxy) is 3. The van der Waals surface area contributed by atoms with E-state index in [0.717, 1.165) is 24.2 Å². The van der Waals surface area contributed by atoms with Crippen LogP contribution in [0, 0.1) is 0 Å². The van der Waals surface area contributed by atoms with Crippen molar-refractivity contribution >= 4 is 12.0 Å². The first-order chi connectivity index (χ1) is 9.71. The van der Waals surface area contributed by atoms with Crippen molar-refractivity contribution in [3.8, 4) is 11.5 Å². The number of rotatable bonds is 8. The smallest absolute Gasteiger partial charge is 0.330 e. The molecule has 1 aromatic rings. The van der Waals surface area contributed by atoms with Crippen LogP contribution in [0.3, 0.4) is 0 Å². The van der Waals surface area contributed by atoms with E-state index in [9.17, 15) is 4.79 Å². The van der Waals surface area contributed by atoms with Crippen molar-refractivity contribution in [3.05, 3.63) is 29.8 Å². The molecule has 20 heavy (non-hydrogen) atoms. The highest BCUT2D eigenvalue weighted by molar-refractivity contribution is 5.87. The molecule has 4 heteroatoms. The molecule has 0 aromatic heterocycles. The fourth-order valence-electron chi connectivity index (χ4n) is 1.52. The van der Waals surface area contributed by atoms with Gasteiger partial charge in [0, 0.05) is 6.08 Å². The largest absolute Gasteiger partial charge is 0.490 e. The summed E-state index contributed by atoms with van der Waals surface area (Å²) >= 11 is 0. The highest BCUT2D eigenvalue weighted by Crippen LogP contribution is 2.29. The number of carbonyl (C=O) groups is 1. The zero-order chi connectivity index (χ0) is 14.8. The Morgan fingerprint density at radius 2 is 1.75 bits per heavy atom. The Hall–Kier alpha value is -1.97. The maximum Gasteiger partial charge on any atom is 0.330 e. The van der Waals surface area contributed by atoms with Gasteiger partial charge in [0.05, 0.1) is 20.3 Å². The molecular formula is C16H22O4. The lowest BCUT2D eigenvalue weighted by Gasteiger charge is -2.12. The molecule has 0 aliphatic heterocycles. The highest BCUT2D eigenvalue weighted by atomic mass is 16.5. The molecule has 1 aromatic carbocycles. The molecule has 110 valence electrons. The van der Waals surface area contributed by atoms with E-state index in [1.807, 2.05) is 25.1 Å². The minimum absolute atomic E-state index is 0.382. The summed E-state index contributed by atoms with van der Waals surface area (Å²) in [4.78, 5) is 11.1. The normalized spacial score (nSPS) is 10.6. The predicted octanol–water partition coefficient (Wildman–Crippen LogP) is 3.45. The topological polar surface area (TPSA) is 44.8 Å². The third-order valence-electron chi connectivity index (χ3n) is 2.50. The summed E-state index contributed by atoms with van der Waals surface area (Å²) in [6.07, 6.45) is 4.94. The van der Waals surface area contributed by atoms with E-state index in [1.54, 1.807) is 6.08 Å². The molecular weight excluding hydrogens is 256 g/mol. The van der Waals surface area contributed by atoms with Gasteiger partial charge in [-0.1, -0.05) is 19.9 Å². The van der Waals surface area contributed by atoms with Gasteiger partial charge in [0.15, 0.2) is 11.5 Å². The summed E-state index contributed by atoms with van der Waals surface area (Å²) < 4.78 is 15.9. The summed E-state index contributed by atoms with van der Waals surface area (Å²) in [7, 11) is 1.35. The number of esters is 1. The van der Waals surface area contributed by atoms with Crippen LogP contribution in [0.1, 0.15) is 32.3 Å². The van der Waals surface area contributed by atoms with Gasteiger partial charge in [-0.25, -0.2) is 4.79 Å². The molecule has 0 aliphatic rings. The second kappa shape index (κ2) is 9.02. The number of hydrogen-bond donors (Lipinski definition) is 0. The van der Waals surface area contributed by atoms with Crippen LogP contribution in [-0.2, 0) is 9.53 Å². The molecule has 0 saturated heterocycles. The molecule has 0 saturated carbocycles. The fourth-order valence-corrected chi connectivity index (χ4v) is 1.52. The minimum atomic E-state index is -0.382. The van der Waals surface area contributed by atoms with E-state index in [-0.39, 0.29) is 5.97 Å². The lowest BCUT2D eigenvalue weighted by Crippen LogP contribution is -2.01. The fraction of sp³-hybridized carbons (Fsp3) is 0.438. The first-order valence-corrected chi connectivity index (χ1v) is 6.87. The van der Waals surface area contributed by atoms with Crippen LogP contribution in [0.5, 0.6) is 11.5 Å². The standard InChI is InChI=1S/C16H22O4/c1-4-10-19-14-8-6-13(7-9-16(17)18-3)12-15(14)20-11-5-2/h6-9,12H,4-5,10-11H2,1-3H3. The van der Waals surface area contributed by atoms with Crippen LogP contribution in [-0.4, -0.2) is 26.3 Å². The van der Waals surface area contributed by atoms with Gasteiger partial charge >= 0.3 is 5.97 Å². The summed E-state index contributed by atoms with van der Waals surface area (Å²) in [5.74, 6) is 1.05. The van der Waals surface area contributed by atoms with Crippen LogP contribution >= 0.6 is 0 Å². The molecule has 1 rings (SSSR count). The van der Waals surface area contributed by atoms with E-state index < -0.39 is 0 Å². The molecule has 0 N–H and O–H groups in total. The van der Waals surface area contributed by atoms with Gasteiger partial charge in [0.2, 0.25) is 0 Å². The Morgan fingerprint density at radius 3 is 2.35 bits per heavy atom.